The quantitative estimate of drug-likeness (QED) is 0.101. The summed E-state index contributed by atoms with van der Waals surface area (Å²) in [6, 6.07) is 2.39. The first-order valence-electron chi connectivity index (χ1n) is 12.2. The molecule has 2 heterocycles. The first-order chi connectivity index (χ1) is 16.8. The third-order valence-corrected chi connectivity index (χ3v) is 10.9. The van der Waals surface area contributed by atoms with Gasteiger partial charge in [-0.05, 0) is 27.7 Å². The standard InChI is InChI=1S/C22H37IN6O5P/c1-15(2)29(16(3)4)35(32-11-7-10-24)34-18-12-20(33-19(18)13-30)28-14-25-21(26-22(28)31)27-23-17-8-5-6-9-17/h14-20,30H,5-9,11-13H2,1-4H3,(H,26,27,31)/q-1/t18-,19-,20-,35?/m1/s1. The Morgan fingerprint density at radius 1 is 1.37 bits per heavy atom. The predicted molar refractivity (Wildman–Crippen MR) is 128 cm³/mol. The van der Waals surface area contributed by atoms with Gasteiger partial charge in [0.1, 0.15) is 0 Å². The molecule has 0 aromatic carbocycles. The Hall–Kier alpha value is -0.940. The van der Waals surface area contributed by atoms with Gasteiger partial charge in [-0.25, -0.2) is 0 Å². The van der Waals surface area contributed by atoms with Crippen LogP contribution in [0, 0.1) is 11.3 Å². The summed E-state index contributed by atoms with van der Waals surface area (Å²) in [6.45, 7) is 8.24. The van der Waals surface area contributed by atoms with Crippen molar-refractivity contribution in [2.75, 3.05) is 16.7 Å². The van der Waals surface area contributed by atoms with Gasteiger partial charge >= 0.3 is 174 Å². The van der Waals surface area contributed by atoms with E-state index in [4.69, 9.17) is 19.0 Å². The molecule has 2 aliphatic rings. The number of halogens is 1. The summed E-state index contributed by atoms with van der Waals surface area (Å²) in [6.07, 6.45) is 5.34. The van der Waals surface area contributed by atoms with E-state index in [0.29, 0.717) is 16.3 Å². The van der Waals surface area contributed by atoms with Crippen molar-refractivity contribution in [2.24, 2.45) is 0 Å². The molecule has 1 aromatic rings. The second kappa shape index (κ2) is 14.1. The number of ether oxygens (including phenoxy) is 1. The summed E-state index contributed by atoms with van der Waals surface area (Å²) < 4.78 is 25.8. The zero-order chi connectivity index (χ0) is 25.4. The molecule has 1 aromatic heterocycles. The van der Waals surface area contributed by atoms with Crippen molar-refractivity contribution in [1.82, 2.24) is 19.2 Å². The molecule has 4 atom stereocenters. The molecule has 1 saturated carbocycles. The number of alkyl halides is 1. The normalized spacial score (nSPS) is 24.0. The van der Waals surface area contributed by atoms with Crippen molar-refractivity contribution in [3.63, 3.8) is 0 Å². The molecular weight excluding hydrogens is 586 g/mol. The van der Waals surface area contributed by atoms with E-state index in [1.807, 2.05) is 0 Å². The van der Waals surface area contributed by atoms with E-state index in [-0.39, 0.29) is 53.2 Å². The molecule has 3 rings (SSSR count). The van der Waals surface area contributed by atoms with E-state index in [2.05, 4.69) is 51.9 Å². The maximum atomic E-state index is 12.7. The van der Waals surface area contributed by atoms with Crippen molar-refractivity contribution in [3.05, 3.63) is 16.8 Å². The molecule has 0 radical (unpaired) electrons. The molecule has 35 heavy (non-hydrogen) atoms. The zero-order valence-electron chi connectivity index (χ0n) is 20.8. The summed E-state index contributed by atoms with van der Waals surface area (Å²) >= 11 is -0.288. The van der Waals surface area contributed by atoms with Gasteiger partial charge in [0.05, 0.1) is 12.5 Å². The Balaban J connectivity index is 1.68. The van der Waals surface area contributed by atoms with Crippen LogP contribution in [0.25, 0.3) is 0 Å². The van der Waals surface area contributed by atoms with E-state index in [1.165, 1.54) is 36.6 Å². The first kappa shape index (κ1) is 28.6. The number of hydrogen-bond donors (Lipinski definition) is 2. The fraction of sp³-hybridized carbons (Fsp3) is 0.818. The van der Waals surface area contributed by atoms with Crippen LogP contribution in [0.1, 0.15) is 72.4 Å². The van der Waals surface area contributed by atoms with Gasteiger partial charge in [-0.15, -0.1) is 0 Å². The number of rotatable bonds is 13. The Kier molecular flexibility index (Phi) is 11.5. The average molecular weight is 623 g/mol. The molecule has 1 aliphatic heterocycles. The molecule has 0 bridgehead atoms. The Morgan fingerprint density at radius 2 is 2.09 bits per heavy atom. The minimum absolute atomic E-state index is 0.150. The van der Waals surface area contributed by atoms with E-state index < -0.39 is 32.7 Å². The van der Waals surface area contributed by atoms with Gasteiger partial charge in [-0.1, -0.05) is 0 Å². The number of aromatic nitrogens is 3. The molecule has 11 nitrogen and oxygen atoms in total. The van der Waals surface area contributed by atoms with Gasteiger partial charge in [0.25, 0.3) is 0 Å². The molecular formula is C22H37IN6O5P-. The fourth-order valence-electron chi connectivity index (χ4n) is 4.25. The molecule has 2 N–H and O–H groups in total. The second-order valence-electron chi connectivity index (χ2n) is 9.19. The zero-order valence-corrected chi connectivity index (χ0v) is 23.9. The van der Waals surface area contributed by atoms with Gasteiger partial charge < -0.3 is 0 Å². The molecule has 1 saturated heterocycles. The van der Waals surface area contributed by atoms with E-state index in [0.717, 1.165) is 0 Å². The number of aliphatic hydroxyl groups excluding tert-OH is 1. The minimum atomic E-state index is -1.50. The van der Waals surface area contributed by atoms with Crippen LogP contribution in [0.4, 0.5) is 5.95 Å². The number of anilines is 1. The van der Waals surface area contributed by atoms with Gasteiger partial charge in [0.15, 0.2) is 0 Å². The number of aliphatic hydroxyl groups is 1. The van der Waals surface area contributed by atoms with Crippen LogP contribution < -0.4 is 30.7 Å². The number of nitriles is 1. The third-order valence-electron chi connectivity index (χ3n) is 5.86. The van der Waals surface area contributed by atoms with Crippen LogP contribution in [0.3, 0.4) is 0 Å². The molecule has 1 unspecified atom stereocenters. The Morgan fingerprint density at radius 3 is 2.69 bits per heavy atom. The first-order valence-corrected chi connectivity index (χ1v) is 15.6. The van der Waals surface area contributed by atoms with Gasteiger partial charge in [0, 0.05) is 0 Å². The molecule has 198 valence electrons. The van der Waals surface area contributed by atoms with Crippen molar-refractivity contribution in [1.29, 1.82) is 5.26 Å². The van der Waals surface area contributed by atoms with Gasteiger partial charge in [-0.3, -0.25) is 0 Å². The van der Waals surface area contributed by atoms with Crippen molar-refractivity contribution in [3.8, 4) is 6.07 Å². The molecule has 0 amide bonds. The fourth-order valence-corrected chi connectivity index (χ4v) is 8.49. The summed E-state index contributed by atoms with van der Waals surface area (Å²) in [5.74, 6) is 0.370. The molecule has 13 heteroatoms. The monoisotopic (exact) mass is 623 g/mol. The Bertz CT molecular complexity index is 886. The average Bonchev–Trinajstić information content (AvgIpc) is 3.47. The van der Waals surface area contributed by atoms with Crippen LogP contribution >= 0.6 is 8.53 Å². The topological polar surface area (TPSA) is 135 Å². The van der Waals surface area contributed by atoms with Crippen molar-refractivity contribution < 1.29 is 40.4 Å². The molecule has 1 aliphatic carbocycles. The van der Waals surface area contributed by atoms with Crippen LogP contribution in [-0.4, -0.2) is 65.7 Å². The summed E-state index contributed by atoms with van der Waals surface area (Å²) in [5.41, 5.74) is -0.446. The molecule has 2 fully saturated rings. The van der Waals surface area contributed by atoms with Gasteiger partial charge in [0.2, 0.25) is 0 Å². The van der Waals surface area contributed by atoms with E-state index in [1.54, 1.807) is 0 Å². The summed E-state index contributed by atoms with van der Waals surface area (Å²) in [4.78, 5) is 21.2. The van der Waals surface area contributed by atoms with Crippen LogP contribution in [0.15, 0.2) is 11.1 Å². The predicted octanol–water partition coefficient (Wildman–Crippen LogP) is -0.0622. The van der Waals surface area contributed by atoms with E-state index >= 15 is 0 Å². The van der Waals surface area contributed by atoms with Crippen LogP contribution in [0.5, 0.6) is 0 Å². The SMILES string of the molecule is CC(C)N(C(C)C)P(OCCC#N)O[C@@H]1C[C@H](n2cnc(N[I-]C3CCCC3)nc2=O)O[C@@H]1CO. The van der Waals surface area contributed by atoms with Crippen molar-refractivity contribution in [2.45, 2.75) is 101 Å². The molecule has 0 spiro atoms. The number of hydrogen-bond acceptors (Lipinski definition) is 10. The second-order valence-corrected chi connectivity index (χ2v) is 13.5. The third kappa shape index (κ3) is 8.02. The summed E-state index contributed by atoms with van der Waals surface area (Å²) in [7, 11) is -1.50. The van der Waals surface area contributed by atoms with Gasteiger partial charge in [-0.2, -0.15) is 5.26 Å². The van der Waals surface area contributed by atoms with Crippen molar-refractivity contribution >= 4 is 14.5 Å². The van der Waals surface area contributed by atoms with E-state index in [9.17, 15) is 9.90 Å². The number of nitrogens with one attached hydrogen (secondary N) is 1. The van der Waals surface area contributed by atoms with Crippen LogP contribution in [-0.2, 0) is 13.8 Å². The van der Waals surface area contributed by atoms with Crippen LogP contribution in [0.2, 0.25) is 0 Å². The summed E-state index contributed by atoms with van der Waals surface area (Å²) in [5, 5.41) is 18.9. The maximum absolute atomic E-state index is 12.7. The number of nitrogens with zero attached hydrogens (tertiary/aromatic N) is 5. The Labute approximate surface area is 219 Å².